The van der Waals surface area contributed by atoms with Gasteiger partial charge in [-0.2, -0.15) is 9.97 Å². The molecule has 0 fully saturated rings. The van der Waals surface area contributed by atoms with Gasteiger partial charge in [-0.1, -0.05) is 11.6 Å². The topological polar surface area (TPSA) is 78.3 Å². The highest BCUT2D eigenvalue weighted by molar-refractivity contribution is 7.15. The van der Waals surface area contributed by atoms with Crippen molar-refractivity contribution in [1.82, 2.24) is 19.4 Å². The summed E-state index contributed by atoms with van der Waals surface area (Å²) in [5, 5.41) is 2.34. The first-order valence-electron chi connectivity index (χ1n) is 6.47. The Morgan fingerprint density at radius 1 is 1.38 bits per heavy atom. The SMILES string of the molecule is Cc1c(N)nc(OCCCc2cn3ccsc3n2)nc1Cl. The number of rotatable bonds is 5. The van der Waals surface area contributed by atoms with Crippen LogP contribution in [0.15, 0.2) is 17.8 Å². The minimum Gasteiger partial charge on any atom is -0.463 e. The van der Waals surface area contributed by atoms with Gasteiger partial charge in [0.15, 0.2) is 4.96 Å². The summed E-state index contributed by atoms with van der Waals surface area (Å²) in [5.41, 5.74) is 7.44. The number of imidazole rings is 1. The molecule has 0 atom stereocenters. The average Bonchev–Trinajstić information content (AvgIpc) is 3.01. The number of halogens is 1. The van der Waals surface area contributed by atoms with Crippen LogP contribution in [0.25, 0.3) is 4.96 Å². The molecule has 0 saturated carbocycles. The summed E-state index contributed by atoms with van der Waals surface area (Å²) in [6.45, 7) is 2.26. The van der Waals surface area contributed by atoms with Crippen molar-refractivity contribution in [2.75, 3.05) is 12.3 Å². The Labute approximate surface area is 130 Å². The Morgan fingerprint density at radius 3 is 3.00 bits per heavy atom. The van der Waals surface area contributed by atoms with Gasteiger partial charge in [0.05, 0.1) is 12.3 Å². The molecule has 0 aliphatic carbocycles. The predicted molar refractivity (Wildman–Crippen MR) is 83.1 cm³/mol. The minimum absolute atomic E-state index is 0.217. The van der Waals surface area contributed by atoms with Crippen molar-refractivity contribution in [2.24, 2.45) is 0 Å². The van der Waals surface area contributed by atoms with E-state index in [0.717, 1.165) is 23.5 Å². The summed E-state index contributed by atoms with van der Waals surface area (Å²) >= 11 is 7.56. The van der Waals surface area contributed by atoms with Crippen LogP contribution in [0.4, 0.5) is 5.82 Å². The zero-order chi connectivity index (χ0) is 14.8. The number of aryl methyl sites for hydroxylation is 1. The number of aromatic nitrogens is 4. The highest BCUT2D eigenvalue weighted by atomic mass is 35.5. The lowest BCUT2D eigenvalue weighted by atomic mass is 10.3. The summed E-state index contributed by atoms with van der Waals surface area (Å²) in [6.07, 6.45) is 5.68. The largest absolute Gasteiger partial charge is 0.463 e. The number of fused-ring (bicyclic) bond motifs is 1. The lowest BCUT2D eigenvalue weighted by molar-refractivity contribution is 0.286. The quantitative estimate of drug-likeness (QED) is 0.577. The molecule has 3 aromatic heterocycles. The Kier molecular flexibility index (Phi) is 3.94. The molecule has 8 heteroatoms. The molecule has 0 unspecified atom stereocenters. The third-order valence-corrected chi connectivity index (χ3v) is 4.19. The molecule has 0 saturated heterocycles. The molecule has 0 aliphatic heterocycles. The molecule has 2 N–H and O–H groups in total. The van der Waals surface area contributed by atoms with Gasteiger partial charge in [0, 0.05) is 23.3 Å². The zero-order valence-corrected chi connectivity index (χ0v) is 13.0. The number of thiazole rings is 1. The number of nitrogens with two attached hydrogens (primary N) is 1. The molecular formula is C13H14ClN5OS. The van der Waals surface area contributed by atoms with Crippen LogP contribution in [-0.4, -0.2) is 26.0 Å². The van der Waals surface area contributed by atoms with Crippen molar-refractivity contribution in [2.45, 2.75) is 19.8 Å². The third kappa shape index (κ3) is 3.08. The molecule has 3 heterocycles. The lowest BCUT2D eigenvalue weighted by Gasteiger charge is -2.06. The normalized spacial score (nSPS) is 11.1. The van der Waals surface area contributed by atoms with E-state index in [0.29, 0.717) is 23.1 Å². The lowest BCUT2D eigenvalue weighted by Crippen LogP contribution is -2.06. The minimum atomic E-state index is 0.217. The molecule has 0 aromatic carbocycles. The molecule has 0 bridgehead atoms. The highest BCUT2D eigenvalue weighted by Gasteiger charge is 2.08. The predicted octanol–water partition coefficient (Wildman–Crippen LogP) is 2.74. The molecule has 6 nitrogen and oxygen atoms in total. The summed E-state index contributed by atoms with van der Waals surface area (Å²) in [6, 6.07) is 0.217. The molecule has 3 rings (SSSR count). The van der Waals surface area contributed by atoms with Crippen LogP contribution in [0.2, 0.25) is 5.15 Å². The maximum absolute atomic E-state index is 5.94. The molecular weight excluding hydrogens is 310 g/mol. The second kappa shape index (κ2) is 5.87. The van der Waals surface area contributed by atoms with Crippen LogP contribution < -0.4 is 10.5 Å². The Bertz CT molecular complexity index is 717. The first-order chi connectivity index (χ1) is 10.1. The Balaban J connectivity index is 1.53. The van der Waals surface area contributed by atoms with E-state index in [-0.39, 0.29) is 6.01 Å². The summed E-state index contributed by atoms with van der Waals surface area (Å²) in [7, 11) is 0. The Morgan fingerprint density at radius 2 is 2.24 bits per heavy atom. The van der Waals surface area contributed by atoms with Gasteiger partial charge in [-0.25, -0.2) is 4.98 Å². The van der Waals surface area contributed by atoms with Crippen LogP contribution >= 0.6 is 22.9 Å². The van der Waals surface area contributed by atoms with E-state index in [2.05, 4.69) is 15.0 Å². The monoisotopic (exact) mass is 323 g/mol. The van der Waals surface area contributed by atoms with E-state index in [9.17, 15) is 0 Å². The van der Waals surface area contributed by atoms with Gasteiger partial charge in [-0.15, -0.1) is 11.3 Å². The highest BCUT2D eigenvalue weighted by Crippen LogP contribution is 2.20. The van der Waals surface area contributed by atoms with E-state index in [4.69, 9.17) is 22.1 Å². The summed E-state index contributed by atoms with van der Waals surface area (Å²) < 4.78 is 7.50. The fourth-order valence-corrected chi connectivity index (χ4v) is 2.75. The molecule has 0 spiro atoms. The second-order valence-corrected chi connectivity index (χ2v) is 5.82. The summed E-state index contributed by atoms with van der Waals surface area (Å²) in [5.74, 6) is 0.347. The van der Waals surface area contributed by atoms with Gasteiger partial charge in [-0.05, 0) is 19.8 Å². The van der Waals surface area contributed by atoms with E-state index >= 15 is 0 Å². The molecule has 110 valence electrons. The fraction of sp³-hybridized carbons (Fsp3) is 0.308. The van der Waals surface area contributed by atoms with Gasteiger partial charge in [0.1, 0.15) is 11.0 Å². The van der Waals surface area contributed by atoms with Crippen molar-refractivity contribution < 1.29 is 4.74 Å². The number of nitrogen functional groups attached to an aromatic ring is 1. The van der Waals surface area contributed by atoms with Crippen molar-refractivity contribution in [3.8, 4) is 6.01 Å². The van der Waals surface area contributed by atoms with Gasteiger partial charge >= 0.3 is 6.01 Å². The van der Waals surface area contributed by atoms with Crippen LogP contribution in [0.1, 0.15) is 17.7 Å². The van der Waals surface area contributed by atoms with E-state index in [1.54, 1.807) is 18.3 Å². The maximum Gasteiger partial charge on any atom is 0.319 e. The smallest absolute Gasteiger partial charge is 0.319 e. The van der Waals surface area contributed by atoms with Crippen LogP contribution in [0, 0.1) is 6.92 Å². The van der Waals surface area contributed by atoms with E-state index in [1.165, 1.54) is 0 Å². The summed E-state index contributed by atoms with van der Waals surface area (Å²) in [4.78, 5) is 13.6. The van der Waals surface area contributed by atoms with E-state index in [1.807, 2.05) is 22.2 Å². The number of ether oxygens (including phenoxy) is 1. The van der Waals surface area contributed by atoms with Crippen LogP contribution in [0.5, 0.6) is 6.01 Å². The van der Waals surface area contributed by atoms with Crippen LogP contribution in [0.3, 0.4) is 0 Å². The third-order valence-electron chi connectivity index (χ3n) is 3.06. The molecule has 21 heavy (non-hydrogen) atoms. The molecule has 0 radical (unpaired) electrons. The van der Waals surface area contributed by atoms with Crippen LogP contribution in [-0.2, 0) is 6.42 Å². The number of hydrogen-bond acceptors (Lipinski definition) is 6. The Hall–Kier alpha value is -1.86. The standard InChI is InChI=1S/C13H14ClN5OS/c1-8-10(14)17-12(18-11(8)15)20-5-2-3-9-7-19-4-6-21-13(19)16-9/h4,6-7H,2-3,5H2,1H3,(H2,15,17,18). The van der Waals surface area contributed by atoms with Gasteiger partial charge in [0.25, 0.3) is 0 Å². The van der Waals surface area contributed by atoms with Crippen molar-refractivity contribution >= 4 is 33.7 Å². The van der Waals surface area contributed by atoms with Gasteiger partial charge in [0.2, 0.25) is 0 Å². The van der Waals surface area contributed by atoms with Crippen molar-refractivity contribution in [3.63, 3.8) is 0 Å². The number of anilines is 1. The zero-order valence-electron chi connectivity index (χ0n) is 11.4. The van der Waals surface area contributed by atoms with Crippen molar-refractivity contribution in [1.29, 1.82) is 0 Å². The number of hydrogen-bond donors (Lipinski definition) is 1. The number of nitrogens with zero attached hydrogens (tertiary/aromatic N) is 4. The van der Waals surface area contributed by atoms with Crippen molar-refractivity contribution in [3.05, 3.63) is 34.2 Å². The fourth-order valence-electron chi connectivity index (χ4n) is 1.86. The van der Waals surface area contributed by atoms with E-state index < -0.39 is 0 Å². The first-order valence-corrected chi connectivity index (χ1v) is 7.73. The second-order valence-electron chi connectivity index (χ2n) is 4.58. The van der Waals surface area contributed by atoms with Gasteiger partial charge < -0.3 is 10.5 Å². The average molecular weight is 324 g/mol. The van der Waals surface area contributed by atoms with Gasteiger partial charge in [-0.3, -0.25) is 4.40 Å². The molecule has 0 aliphatic rings. The molecule has 0 amide bonds. The first kappa shape index (κ1) is 14.1. The molecule has 3 aromatic rings. The maximum atomic E-state index is 5.94.